The van der Waals surface area contributed by atoms with Crippen LogP contribution in [-0.4, -0.2) is 57.9 Å². The van der Waals surface area contributed by atoms with Crippen LogP contribution < -0.4 is 28.4 Å². The van der Waals surface area contributed by atoms with Gasteiger partial charge in [0, 0.05) is 44.4 Å². The number of carbonyl (C=O) groups is 4. The van der Waals surface area contributed by atoms with Gasteiger partial charge in [-0.25, -0.2) is 0 Å². The lowest BCUT2D eigenvalue weighted by Crippen LogP contribution is -2.36. The van der Waals surface area contributed by atoms with Crippen LogP contribution in [-0.2, 0) is 46.6 Å². The number of rotatable bonds is 11. The van der Waals surface area contributed by atoms with E-state index in [1.54, 1.807) is 42.5 Å². The third-order valence-electron chi connectivity index (χ3n) is 6.92. The molecule has 47 heavy (non-hydrogen) atoms. The van der Waals surface area contributed by atoms with E-state index in [2.05, 4.69) is 0 Å². The fourth-order valence-corrected chi connectivity index (χ4v) is 4.92. The smallest absolute Gasteiger partial charge is 0.308 e. The Balaban J connectivity index is 2.00. The molecule has 2 unspecified atom stereocenters. The van der Waals surface area contributed by atoms with Crippen molar-refractivity contribution in [2.75, 3.05) is 27.9 Å². The van der Waals surface area contributed by atoms with E-state index in [0.29, 0.717) is 33.6 Å². The SMILES string of the molecule is COc1cc(C2Oc3c(OC)cc(COC(C)=O)cc3-c3cc(COC(C)=O)cc(OC)c3OC2COC(C)=O)ccc1OC(C)=O. The molecular weight excluding hydrogens is 616 g/mol. The average Bonchev–Trinajstić information content (AvgIpc) is 3.02. The van der Waals surface area contributed by atoms with Gasteiger partial charge in [-0.05, 0) is 47.5 Å². The Kier molecular flexibility index (Phi) is 11.1. The minimum Gasteiger partial charge on any atom is -0.493 e. The third kappa shape index (κ3) is 8.43. The van der Waals surface area contributed by atoms with Gasteiger partial charge in [-0.2, -0.15) is 0 Å². The third-order valence-corrected chi connectivity index (χ3v) is 6.92. The van der Waals surface area contributed by atoms with E-state index in [1.807, 2.05) is 0 Å². The van der Waals surface area contributed by atoms with Crippen LogP contribution in [0, 0.1) is 0 Å². The molecule has 1 heterocycles. The maximum Gasteiger partial charge on any atom is 0.308 e. The molecule has 0 aliphatic carbocycles. The zero-order chi connectivity index (χ0) is 34.2. The summed E-state index contributed by atoms with van der Waals surface area (Å²) in [4.78, 5) is 47.0. The van der Waals surface area contributed by atoms with Crippen molar-refractivity contribution in [3.05, 3.63) is 59.2 Å². The molecule has 3 aromatic carbocycles. The first-order valence-corrected chi connectivity index (χ1v) is 14.5. The van der Waals surface area contributed by atoms with Crippen LogP contribution in [0.15, 0.2) is 42.5 Å². The van der Waals surface area contributed by atoms with E-state index >= 15 is 0 Å². The first-order chi connectivity index (χ1) is 22.4. The largest absolute Gasteiger partial charge is 0.493 e. The molecule has 2 atom stereocenters. The lowest BCUT2D eigenvalue weighted by molar-refractivity contribution is -0.145. The predicted molar refractivity (Wildman–Crippen MR) is 165 cm³/mol. The maximum atomic E-state index is 12.0. The van der Waals surface area contributed by atoms with Crippen molar-refractivity contribution in [1.29, 1.82) is 0 Å². The molecule has 4 rings (SSSR count). The summed E-state index contributed by atoms with van der Waals surface area (Å²) in [7, 11) is 4.35. The van der Waals surface area contributed by atoms with Crippen LogP contribution >= 0.6 is 0 Å². The topological polar surface area (TPSA) is 151 Å². The zero-order valence-electron chi connectivity index (χ0n) is 27.1. The quantitative estimate of drug-likeness (QED) is 0.157. The highest BCUT2D eigenvalue weighted by Gasteiger charge is 2.36. The van der Waals surface area contributed by atoms with Crippen LogP contribution in [0.5, 0.6) is 34.5 Å². The van der Waals surface area contributed by atoms with Crippen molar-refractivity contribution in [3.63, 3.8) is 0 Å². The summed E-state index contributed by atoms with van der Waals surface area (Å²) in [5.74, 6) is -0.474. The average molecular weight is 653 g/mol. The Hall–Kier alpha value is -5.46. The van der Waals surface area contributed by atoms with Gasteiger partial charge in [0.2, 0.25) is 0 Å². The second-order valence-electron chi connectivity index (χ2n) is 10.4. The number of hydrogen-bond donors (Lipinski definition) is 0. The van der Waals surface area contributed by atoms with Crippen molar-refractivity contribution >= 4 is 23.9 Å². The molecule has 13 nitrogen and oxygen atoms in total. The lowest BCUT2D eigenvalue weighted by Gasteiger charge is -2.34. The molecule has 0 N–H and O–H groups in total. The fourth-order valence-electron chi connectivity index (χ4n) is 4.92. The number of benzene rings is 3. The molecule has 3 aromatic rings. The van der Waals surface area contributed by atoms with E-state index in [9.17, 15) is 19.2 Å². The number of carbonyl (C=O) groups excluding carboxylic acids is 4. The first-order valence-electron chi connectivity index (χ1n) is 14.5. The van der Waals surface area contributed by atoms with Gasteiger partial charge in [-0.1, -0.05) is 6.07 Å². The standard InChI is InChI=1S/C34H36O13/c1-18(35)42-15-22-10-25-26-11-23(16-43-19(2)36)13-30(41-7)34(26)47-32(24-8-9-27(45-21(4)38)28(14-24)39-5)31(17-44-20(3)37)46-33(25)29(12-22)40-6/h8-14,31-32H,15-17H2,1-7H3. The van der Waals surface area contributed by atoms with Crippen LogP contribution in [0.25, 0.3) is 11.1 Å². The van der Waals surface area contributed by atoms with Gasteiger partial charge in [0.15, 0.2) is 46.7 Å². The molecule has 0 saturated carbocycles. The van der Waals surface area contributed by atoms with Crippen molar-refractivity contribution in [2.24, 2.45) is 0 Å². The van der Waals surface area contributed by atoms with Gasteiger partial charge < -0.3 is 42.6 Å². The lowest BCUT2D eigenvalue weighted by atomic mass is 9.95. The van der Waals surface area contributed by atoms with E-state index in [4.69, 9.17) is 42.6 Å². The number of fused-ring (bicyclic) bond motifs is 3. The molecule has 0 fully saturated rings. The van der Waals surface area contributed by atoms with Gasteiger partial charge in [0.1, 0.15) is 19.8 Å². The maximum absolute atomic E-state index is 12.0. The minimum atomic E-state index is -0.978. The molecule has 250 valence electrons. The van der Waals surface area contributed by atoms with E-state index in [-0.39, 0.29) is 48.6 Å². The fraction of sp³-hybridized carbons (Fsp3) is 0.353. The molecule has 0 saturated heterocycles. The molecule has 1 aliphatic rings. The molecule has 0 amide bonds. The van der Waals surface area contributed by atoms with Gasteiger partial charge in [-0.3, -0.25) is 19.2 Å². The molecule has 0 bridgehead atoms. The summed E-state index contributed by atoms with van der Waals surface area (Å²) in [5.41, 5.74) is 2.62. The van der Waals surface area contributed by atoms with Crippen LogP contribution in [0.4, 0.5) is 0 Å². The second-order valence-corrected chi connectivity index (χ2v) is 10.4. The molecule has 1 aliphatic heterocycles. The number of hydrogen-bond acceptors (Lipinski definition) is 13. The van der Waals surface area contributed by atoms with Crippen molar-refractivity contribution < 1.29 is 61.8 Å². The van der Waals surface area contributed by atoms with E-state index < -0.39 is 36.1 Å². The molecule has 0 spiro atoms. The number of esters is 4. The summed E-state index contributed by atoms with van der Waals surface area (Å²) in [5, 5.41) is 0. The summed E-state index contributed by atoms with van der Waals surface area (Å²) >= 11 is 0. The Bertz CT molecular complexity index is 1660. The highest BCUT2D eigenvalue weighted by atomic mass is 16.6. The zero-order valence-corrected chi connectivity index (χ0v) is 27.1. The van der Waals surface area contributed by atoms with Gasteiger partial charge in [0.05, 0.1) is 21.3 Å². The monoisotopic (exact) mass is 652 g/mol. The van der Waals surface area contributed by atoms with Gasteiger partial charge in [0.25, 0.3) is 0 Å². The summed E-state index contributed by atoms with van der Waals surface area (Å²) < 4.78 is 51.6. The highest BCUT2D eigenvalue weighted by Crippen LogP contribution is 2.51. The number of methoxy groups -OCH3 is 3. The molecule has 0 aromatic heterocycles. The normalized spacial score (nSPS) is 14.8. The van der Waals surface area contributed by atoms with Crippen molar-refractivity contribution in [1.82, 2.24) is 0 Å². The van der Waals surface area contributed by atoms with E-state index in [0.717, 1.165) is 0 Å². The Morgan fingerprint density at radius 3 is 1.57 bits per heavy atom. The summed E-state index contributed by atoms with van der Waals surface area (Å²) in [6, 6.07) is 11.7. The van der Waals surface area contributed by atoms with E-state index in [1.165, 1.54) is 49.0 Å². The van der Waals surface area contributed by atoms with Gasteiger partial charge in [-0.15, -0.1) is 0 Å². The Labute approximate surface area is 271 Å². The summed E-state index contributed by atoms with van der Waals surface area (Å²) in [6.45, 7) is 4.78. The van der Waals surface area contributed by atoms with Gasteiger partial charge >= 0.3 is 23.9 Å². The van der Waals surface area contributed by atoms with Crippen molar-refractivity contribution in [2.45, 2.75) is 53.1 Å². The highest BCUT2D eigenvalue weighted by molar-refractivity contribution is 5.82. The summed E-state index contributed by atoms with van der Waals surface area (Å²) in [6.07, 6.45) is -1.95. The Morgan fingerprint density at radius 1 is 0.596 bits per heavy atom. The van der Waals surface area contributed by atoms with Crippen LogP contribution in [0.3, 0.4) is 0 Å². The second kappa shape index (κ2) is 15.2. The first kappa shape index (κ1) is 34.4. The predicted octanol–water partition coefficient (Wildman–Crippen LogP) is 4.88. The minimum absolute atomic E-state index is 0.0621. The van der Waals surface area contributed by atoms with Crippen LogP contribution in [0.1, 0.15) is 50.5 Å². The Morgan fingerprint density at radius 2 is 1.11 bits per heavy atom. The molecule has 0 radical (unpaired) electrons. The number of ether oxygens (including phenoxy) is 9. The molecule has 13 heteroatoms. The van der Waals surface area contributed by atoms with Crippen LogP contribution in [0.2, 0.25) is 0 Å². The van der Waals surface area contributed by atoms with Crippen molar-refractivity contribution in [3.8, 4) is 45.6 Å². The molecular formula is C34H36O13.